The summed E-state index contributed by atoms with van der Waals surface area (Å²) >= 11 is 0. The summed E-state index contributed by atoms with van der Waals surface area (Å²) < 4.78 is 40.1. The summed E-state index contributed by atoms with van der Waals surface area (Å²) in [5, 5.41) is 9.27. The fourth-order valence-electron chi connectivity index (χ4n) is 2.99. The van der Waals surface area contributed by atoms with E-state index in [2.05, 4.69) is 4.98 Å². The summed E-state index contributed by atoms with van der Waals surface area (Å²) in [6.45, 7) is -0.115. The van der Waals surface area contributed by atoms with Gasteiger partial charge in [0.2, 0.25) is 0 Å². The third-order valence-electron chi connectivity index (χ3n) is 4.36. The van der Waals surface area contributed by atoms with E-state index in [9.17, 15) is 18.3 Å². The molecule has 0 fully saturated rings. The van der Waals surface area contributed by atoms with Gasteiger partial charge in [-0.25, -0.2) is 4.98 Å². The van der Waals surface area contributed by atoms with E-state index in [1.54, 1.807) is 6.07 Å². The molecule has 25 heavy (non-hydrogen) atoms. The van der Waals surface area contributed by atoms with Gasteiger partial charge in [-0.15, -0.1) is 0 Å². The molecule has 0 bridgehead atoms. The van der Waals surface area contributed by atoms with Gasteiger partial charge in [-0.2, -0.15) is 13.2 Å². The zero-order chi connectivity index (χ0) is 18.0. The molecule has 3 aromatic rings. The molecule has 3 nitrogen and oxygen atoms in total. The van der Waals surface area contributed by atoms with E-state index in [0.717, 1.165) is 35.5 Å². The smallest absolute Gasteiger partial charge is 0.388 e. The number of hydrogen-bond donors (Lipinski definition) is 1. The average Bonchev–Trinajstić information content (AvgIpc) is 2.90. The van der Waals surface area contributed by atoms with Crippen molar-refractivity contribution in [2.45, 2.75) is 32.0 Å². The molecule has 6 heteroatoms. The highest BCUT2D eigenvalue weighted by Gasteiger charge is 2.30. The van der Waals surface area contributed by atoms with E-state index in [4.69, 9.17) is 0 Å². The van der Waals surface area contributed by atoms with Crippen LogP contribution in [0.25, 0.3) is 11.0 Å². The molecule has 1 aromatic heterocycles. The second kappa shape index (κ2) is 6.88. The average molecular weight is 348 g/mol. The molecule has 132 valence electrons. The van der Waals surface area contributed by atoms with Crippen LogP contribution in [0.1, 0.15) is 28.9 Å². The number of aliphatic hydroxyl groups excluding tert-OH is 1. The Labute approximate surface area is 143 Å². The van der Waals surface area contributed by atoms with Gasteiger partial charge in [-0.05, 0) is 48.6 Å². The van der Waals surface area contributed by atoms with Gasteiger partial charge in [0.15, 0.2) is 0 Å². The second-order valence-corrected chi connectivity index (χ2v) is 6.12. The van der Waals surface area contributed by atoms with Crippen LogP contribution in [0.4, 0.5) is 13.2 Å². The monoisotopic (exact) mass is 348 g/mol. The van der Waals surface area contributed by atoms with Crippen LogP contribution >= 0.6 is 0 Å². The van der Waals surface area contributed by atoms with Crippen molar-refractivity contribution in [2.75, 3.05) is 0 Å². The first-order valence-corrected chi connectivity index (χ1v) is 8.09. The Balaban J connectivity index is 1.67. The van der Waals surface area contributed by atoms with Crippen molar-refractivity contribution in [1.29, 1.82) is 0 Å². The van der Waals surface area contributed by atoms with Crippen LogP contribution in [0.5, 0.6) is 0 Å². The lowest BCUT2D eigenvalue weighted by atomic mass is 10.0. The largest absolute Gasteiger partial charge is 0.416 e. The number of aliphatic hydroxyl groups is 1. The maximum absolute atomic E-state index is 12.7. The van der Waals surface area contributed by atoms with Crippen molar-refractivity contribution in [3.63, 3.8) is 0 Å². The maximum Gasteiger partial charge on any atom is 0.416 e. The Morgan fingerprint density at radius 3 is 2.44 bits per heavy atom. The van der Waals surface area contributed by atoms with Gasteiger partial charge in [-0.1, -0.05) is 24.3 Å². The predicted molar refractivity (Wildman–Crippen MR) is 90.1 cm³/mol. The molecule has 0 atom stereocenters. The summed E-state index contributed by atoms with van der Waals surface area (Å²) in [4.78, 5) is 4.38. The van der Waals surface area contributed by atoms with E-state index in [1.165, 1.54) is 12.1 Å². The van der Waals surface area contributed by atoms with Crippen LogP contribution in [-0.2, 0) is 32.7 Å². The molecule has 2 aromatic carbocycles. The van der Waals surface area contributed by atoms with Crippen molar-refractivity contribution >= 4 is 11.0 Å². The molecule has 0 aliphatic rings. The topological polar surface area (TPSA) is 38.0 Å². The number of imidazole rings is 1. The van der Waals surface area contributed by atoms with Crippen LogP contribution in [-0.4, -0.2) is 14.7 Å². The zero-order valence-electron chi connectivity index (χ0n) is 13.8. The summed E-state index contributed by atoms with van der Waals surface area (Å²) in [6, 6.07) is 11.4. The molecular weight excluding hydrogens is 329 g/mol. The summed E-state index contributed by atoms with van der Waals surface area (Å²) in [6.07, 6.45) is -2.19. The number of aromatic nitrogens is 2. The highest BCUT2D eigenvalue weighted by Crippen LogP contribution is 2.29. The second-order valence-electron chi connectivity index (χ2n) is 6.12. The Morgan fingerprint density at radius 2 is 1.76 bits per heavy atom. The quantitative estimate of drug-likeness (QED) is 0.748. The van der Waals surface area contributed by atoms with Crippen molar-refractivity contribution in [2.24, 2.45) is 7.05 Å². The third kappa shape index (κ3) is 3.85. The number of aryl methyl sites for hydroxylation is 3. The summed E-state index contributed by atoms with van der Waals surface area (Å²) in [5.74, 6) is 0.608. The molecule has 0 amide bonds. The molecule has 0 aliphatic carbocycles. The Bertz CT molecular complexity index is 884. The molecule has 1 N–H and O–H groups in total. The van der Waals surface area contributed by atoms with Crippen molar-refractivity contribution < 1.29 is 18.3 Å². The van der Waals surface area contributed by atoms with Gasteiger partial charge < -0.3 is 9.67 Å². The lowest BCUT2D eigenvalue weighted by Gasteiger charge is -2.08. The molecule has 0 unspecified atom stereocenters. The first kappa shape index (κ1) is 17.5. The van der Waals surface area contributed by atoms with Crippen LogP contribution in [0.2, 0.25) is 0 Å². The van der Waals surface area contributed by atoms with Crippen molar-refractivity contribution in [1.82, 2.24) is 9.55 Å². The van der Waals surface area contributed by atoms with Crippen LogP contribution in [0.3, 0.4) is 0 Å². The predicted octanol–water partition coefficient (Wildman–Crippen LogP) is 4.26. The molecule has 0 spiro atoms. The Kier molecular flexibility index (Phi) is 4.81. The number of hydrogen-bond acceptors (Lipinski definition) is 2. The molecule has 1 heterocycles. The highest BCUT2D eigenvalue weighted by molar-refractivity contribution is 5.76. The van der Waals surface area contributed by atoms with Crippen molar-refractivity contribution in [3.05, 3.63) is 65.0 Å². The van der Waals surface area contributed by atoms with Crippen LogP contribution in [0.15, 0.2) is 42.5 Å². The summed E-state index contributed by atoms with van der Waals surface area (Å²) in [7, 11) is 1.86. The van der Waals surface area contributed by atoms with Crippen LogP contribution < -0.4 is 0 Å². The summed E-state index contributed by atoms with van der Waals surface area (Å²) in [5.41, 5.74) is 2.95. The third-order valence-corrected chi connectivity index (χ3v) is 4.36. The highest BCUT2D eigenvalue weighted by atomic mass is 19.4. The molecule has 3 rings (SSSR count). The SMILES string of the molecule is Cn1c(CO)nc2cc(CCCc3cccc(C(F)(F)F)c3)ccc21. The minimum absolute atomic E-state index is 0.115. The lowest BCUT2D eigenvalue weighted by molar-refractivity contribution is -0.137. The van der Waals surface area contributed by atoms with Gasteiger partial charge in [0.05, 0.1) is 16.6 Å². The molecular formula is C19H19F3N2O. The number of halogens is 3. The number of nitrogens with zero attached hydrogens (tertiary/aromatic N) is 2. The fourth-order valence-corrected chi connectivity index (χ4v) is 2.99. The van der Waals surface area contributed by atoms with E-state index in [-0.39, 0.29) is 6.61 Å². The van der Waals surface area contributed by atoms with Gasteiger partial charge in [-0.3, -0.25) is 0 Å². The number of benzene rings is 2. The van der Waals surface area contributed by atoms with E-state index >= 15 is 0 Å². The zero-order valence-corrected chi connectivity index (χ0v) is 13.8. The minimum Gasteiger partial charge on any atom is -0.388 e. The molecule has 0 aliphatic heterocycles. The molecule has 0 radical (unpaired) electrons. The first-order valence-electron chi connectivity index (χ1n) is 8.09. The van der Waals surface area contributed by atoms with Crippen molar-refractivity contribution in [3.8, 4) is 0 Å². The van der Waals surface area contributed by atoms with E-state index in [0.29, 0.717) is 17.8 Å². The Morgan fingerprint density at radius 1 is 1.04 bits per heavy atom. The lowest BCUT2D eigenvalue weighted by Crippen LogP contribution is -2.05. The van der Waals surface area contributed by atoms with Gasteiger partial charge in [0.25, 0.3) is 0 Å². The molecule has 0 saturated carbocycles. The normalized spacial score (nSPS) is 12.0. The van der Waals surface area contributed by atoms with E-state index < -0.39 is 11.7 Å². The first-order chi connectivity index (χ1) is 11.9. The number of rotatable bonds is 5. The maximum atomic E-state index is 12.7. The van der Waals surface area contributed by atoms with Gasteiger partial charge in [0, 0.05) is 7.05 Å². The van der Waals surface area contributed by atoms with Crippen LogP contribution in [0, 0.1) is 0 Å². The Hall–Kier alpha value is -2.34. The van der Waals surface area contributed by atoms with Gasteiger partial charge in [0.1, 0.15) is 12.4 Å². The van der Waals surface area contributed by atoms with Gasteiger partial charge >= 0.3 is 6.18 Å². The fraction of sp³-hybridized carbons (Fsp3) is 0.316. The standard InChI is InChI=1S/C19H19F3N2O/c1-24-17-9-8-14(11-16(17)23-18(24)12-25)5-2-4-13-6-3-7-15(10-13)19(20,21)22/h3,6-11,25H,2,4-5,12H2,1H3. The minimum atomic E-state index is -4.30. The number of fused-ring (bicyclic) bond motifs is 1. The molecule has 0 saturated heterocycles. The number of alkyl halides is 3. The van der Waals surface area contributed by atoms with E-state index in [1.807, 2.05) is 29.8 Å².